The maximum absolute atomic E-state index is 13.3. The Morgan fingerprint density at radius 3 is 2.32 bits per heavy atom. The van der Waals surface area contributed by atoms with E-state index in [0.717, 1.165) is 59.2 Å². The van der Waals surface area contributed by atoms with Crippen LogP contribution in [0.4, 0.5) is 17.1 Å². The van der Waals surface area contributed by atoms with Crippen LogP contribution >= 0.6 is 11.8 Å². The van der Waals surface area contributed by atoms with Gasteiger partial charge in [-0.05, 0) is 74.7 Å². The van der Waals surface area contributed by atoms with Gasteiger partial charge in [0.15, 0.2) is 5.78 Å². The zero-order chi connectivity index (χ0) is 27.0. The quantitative estimate of drug-likeness (QED) is 0.414. The highest BCUT2D eigenvalue weighted by atomic mass is 32.2. The molecule has 1 saturated carbocycles. The van der Waals surface area contributed by atoms with Crippen molar-refractivity contribution in [2.75, 3.05) is 28.2 Å². The monoisotopic (exact) mass is 525 g/mol. The van der Waals surface area contributed by atoms with Crippen LogP contribution in [-0.2, 0) is 15.0 Å². The molecule has 38 heavy (non-hydrogen) atoms. The Kier molecular flexibility index (Phi) is 7.10. The lowest BCUT2D eigenvalue weighted by Crippen LogP contribution is -2.25. The van der Waals surface area contributed by atoms with Gasteiger partial charge in [-0.2, -0.15) is 0 Å². The van der Waals surface area contributed by atoms with Crippen molar-refractivity contribution in [3.8, 4) is 0 Å². The van der Waals surface area contributed by atoms with Gasteiger partial charge in [0, 0.05) is 58.5 Å². The van der Waals surface area contributed by atoms with E-state index in [1.165, 1.54) is 23.1 Å². The Balaban J connectivity index is 1.39. The van der Waals surface area contributed by atoms with E-state index in [4.69, 9.17) is 0 Å². The van der Waals surface area contributed by atoms with Crippen molar-refractivity contribution in [2.24, 2.45) is 0 Å². The normalized spacial score (nSPS) is 22.2. The van der Waals surface area contributed by atoms with Crippen molar-refractivity contribution >= 4 is 40.5 Å². The fourth-order valence-corrected chi connectivity index (χ4v) is 6.80. The van der Waals surface area contributed by atoms with Crippen molar-refractivity contribution in [1.82, 2.24) is 0 Å². The molecule has 0 radical (unpaired) electrons. The molecule has 1 amide bonds. The van der Waals surface area contributed by atoms with Gasteiger partial charge >= 0.3 is 0 Å². The van der Waals surface area contributed by atoms with E-state index in [-0.39, 0.29) is 17.1 Å². The van der Waals surface area contributed by atoms with Crippen molar-refractivity contribution in [1.29, 1.82) is 0 Å². The smallest absolute Gasteiger partial charge is 0.221 e. The second kappa shape index (κ2) is 10.3. The number of para-hydroxylation sites is 1. The number of hydrogen-bond acceptors (Lipinski definition) is 5. The maximum atomic E-state index is 13.3. The predicted molar refractivity (Wildman–Crippen MR) is 159 cm³/mol. The van der Waals surface area contributed by atoms with E-state index in [1.54, 1.807) is 11.8 Å². The number of benzene rings is 2. The average Bonchev–Trinajstić information content (AvgIpc) is 3.50. The highest BCUT2D eigenvalue weighted by Gasteiger charge is 2.39. The number of nitrogens with zero attached hydrogens (tertiary/aromatic N) is 2. The molecule has 1 aliphatic carbocycles. The minimum absolute atomic E-state index is 0.0775. The third-order valence-corrected chi connectivity index (χ3v) is 8.73. The molecule has 3 aliphatic rings. The first-order valence-corrected chi connectivity index (χ1v) is 14.2. The van der Waals surface area contributed by atoms with E-state index < -0.39 is 0 Å². The number of rotatable bonds is 5. The zero-order valence-corrected chi connectivity index (χ0v) is 23.6. The Morgan fingerprint density at radius 1 is 0.947 bits per heavy atom. The van der Waals surface area contributed by atoms with E-state index >= 15 is 0 Å². The lowest BCUT2D eigenvalue weighted by Gasteiger charge is -2.26. The molecule has 2 aromatic rings. The molecule has 2 heterocycles. The summed E-state index contributed by atoms with van der Waals surface area (Å²) in [7, 11) is 0. The largest absolute Gasteiger partial charge is 0.344 e. The molecular weight excluding hydrogens is 490 g/mol. The van der Waals surface area contributed by atoms with E-state index in [9.17, 15) is 9.59 Å². The van der Waals surface area contributed by atoms with Gasteiger partial charge in [-0.3, -0.25) is 9.59 Å². The number of carbonyl (C=O) groups is 2. The Hall–Kier alpha value is -3.51. The van der Waals surface area contributed by atoms with Crippen molar-refractivity contribution in [3.05, 3.63) is 94.2 Å². The summed E-state index contributed by atoms with van der Waals surface area (Å²) in [6, 6.07) is 14.5. The first kappa shape index (κ1) is 26.1. The van der Waals surface area contributed by atoms with Crippen LogP contribution in [0.25, 0.3) is 0 Å². The predicted octanol–water partition coefficient (Wildman–Crippen LogP) is 7.34. The number of Topliss-reactive ketones (excluding diaryl/α,β-unsaturated/α-hetero) is 1. The summed E-state index contributed by atoms with van der Waals surface area (Å²) in [5.74, 6) is 0.0675. The summed E-state index contributed by atoms with van der Waals surface area (Å²) in [6.45, 7) is 11.9. The number of thioether (sulfide) groups is 1. The summed E-state index contributed by atoms with van der Waals surface area (Å²) in [4.78, 5) is 30.7. The first-order valence-electron chi connectivity index (χ1n) is 13.4. The molecule has 0 saturated heterocycles. The second-order valence-electron chi connectivity index (χ2n) is 10.4. The van der Waals surface area contributed by atoms with Gasteiger partial charge in [0.05, 0.1) is 10.7 Å². The van der Waals surface area contributed by atoms with Gasteiger partial charge in [-0.15, -0.1) is 0 Å². The Morgan fingerprint density at radius 2 is 1.63 bits per heavy atom. The van der Waals surface area contributed by atoms with Crippen LogP contribution in [0, 0.1) is 0 Å². The topological polar surface area (TPSA) is 52.6 Å². The third-order valence-electron chi connectivity index (χ3n) is 7.60. The maximum Gasteiger partial charge on any atom is 0.221 e. The first-order chi connectivity index (χ1) is 18.2. The fourth-order valence-electron chi connectivity index (χ4n) is 5.67. The van der Waals surface area contributed by atoms with E-state index in [2.05, 4.69) is 91.4 Å². The van der Waals surface area contributed by atoms with Crippen LogP contribution in [0.3, 0.4) is 0 Å². The van der Waals surface area contributed by atoms with Gasteiger partial charge in [0.2, 0.25) is 5.91 Å². The lowest BCUT2D eigenvalue weighted by atomic mass is 9.83. The molecule has 5 nitrogen and oxygen atoms in total. The van der Waals surface area contributed by atoms with E-state index in [1.807, 2.05) is 18.2 Å². The Bertz CT molecular complexity index is 1430. The van der Waals surface area contributed by atoms with Gasteiger partial charge in [-0.25, -0.2) is 0 Å². The van der Waals surface area contributed by atoms with Crippen molar-refractivity contribution < 1.29 is 9.59 Å². The van der Waals surface area contributed by atoms with Gasteiger partial charge in [0.25, 0.3) is 0 Å². The molecule has 0 unspecified atom stereocenters. The fraction of sp³-hybridized carbons (Fsp3) is 0.312. The number of hydrogen-bond donors (Lipinski definition) is 1. The molecular formula is C32H35N3O2S. The molecule has 2 aliphatic heterocycles. The summed E-state index contributed by atoms with van der Waals surface area (Å²) in [5.41, 5.74) is 7.01. The van der Waals surface area contributed by atoms with Crippen LogP contribution in [0.2, 0.25) is 0 Å². The molecule has 5 rings (SSSR count). The number of carbonyl (C=O) groups excluding carboxylic acids is 2. The number of anilines is 3. The van der Waals surface area contributed by atoms with Gasteiger partial charge < -0.3 is 15.1 Å². The molecule has 6 heteroatoms. The van der Waals surface area contributed by atoms with Crippen LogP contribution in [0.5, 0.6) is 0 Å². The van der Waals surface area contributed by atoms with Crippen LogP contribution < -0.4 is 15.1 Å². The minimum atomic E-state index is -0.250. The molecule has 0 bridgehead atoms. The highest BCUT2D eigenvalue weighted by Crippen LogP contribution is 2.49. The van der Waals surface area contributed by atoms with Crippen LogP contribution in [0.1, 0.15) is 53.0 Å². The lowest BCUT2D eigenvalue weighted by molar-refractivity contribution is -0.114. The molecule has 196 valence electrons. The number of likely N-dealkylation sites (N-methyl/N-ethyl adjacent to an activating group) is 1. The van der Waals surface area contributed by atoms with E-state index in [0.29, 0.717) is 0 Å². The van der Waals surface area contributed by atoms with Crippen LogP contribution in [-0.4, -0.2) is 24.8 Å². The summed E-state index contributed by atoms with van der Waals surface area (Å²) < 4.78 is 0. The van der Waals surface area contributed by atoms with Crippen molar-refractivity contribution in [3.63, 3.8) is 0 Å². The molecule has 0 spiro atoms. The SMILES string of the molecule is CCN1/C(=C\C=C2\CC/C(=C\C=C3\N(CC)c4ccc(NC(C)=O)cc4C3(C)C)C2=O)Sc2ccccc21. The summed E-state index contributed by atoms with van der Waals surface area (Å²) in [5, 5.41) is 4.07. The average molecular weight is 526 g/mol. The number of fused-ring (bicyclic) bond motifs is 2. The third kappa shape index (κ3) is 4.62. The molecule has 0 atom stereocenters. The number of allylic oxidation sites excluding steroid dienone is 7. The zero-order valence-electron chi connectivity index (χ0n) is 22.8. The molecule has 0 aromatic heterocycles. The molecule has 2 aromatic carbocycles. The molecule has 1 fully saturated rings. The second-order valence-corrected chi connectivity index (χ2v) is 11.4. The Labute approximate surface area is 230 Å². The minimum Gasteiger partial charge on any atom is -0.344 e. The number of nitrogens with one attached hydrogen (secondary N) is 1. The summed E-state index contributed by atoms with van der Waals surface area (Å²) >= 11 is 1.76. The van der Waals surface area contributed by atoms with Crippen molar-refractivity contribution in [2.45, 2.75) is 57.8 Å². The highest BCUT2D eigenvalue weighted by molar-refractivity contribution is 8.03. The standard InChI is InChI=1S/C32H35N3O2S/c1-6-34-26-17-16-24(33-21(3)36)20-25(26)32(4,5)29(34)18-14-22-12-13-23(31(22)37)15-19-30-35(7-2)27-10-8-9-11-28(27)38-30/h8-11,14-20H,6-7,12-13H2,1-5H3,(H,33,36)/b22-14+,23-15-,29-18+,30-19+. The number of amides is 1. The van der Waals surface area contributed by atoms with Gasteiger partial charge in [0.1, 0.15) is 0 Å². The summed E-state index contributed by atoms with van der Waals surface area (Å²) in [6.07, 6.45) is 9.79. The number of ketones is 1. The van der Waals surface area contributed by atoms with Gasteiger partial charge in [-0.1, -0.05) is 49.9 Å². The molecule has 1 N–H and O–H groups in total. The van der Waals surface area contributed by atoms with Crippen LogP contribution in [0.15, 0.2) is 93.5 Å².